The Balaban J connectivity index is 2.03. The maximum atomic E-state index is 12.4. The summed E-state index contributed by atoms with van der Waals surface area (Å²) in [6.07, 6.45) is 0. The third-order valence-electron chi connectivity index (χ3n) is 3.88. The molecule has 0 N–H and O–H groups in total. The number of halogens is 1. The minimum absolute atomic E-state index is 0.126. The first-order chi connectivity index (χ1) is 11.3. The molecule has 2 aromatic carbocycles. The van der Waals surface area contributed by atoms with Crippen LogP contribution in [0.2, 0.25) is 0 Å². The topological polar surface area (TPSA) is 56.5 Å². The van der Waals surface area contributed by atoms with Crippen molar-refractivity contribution in [2.24, 2.45) is 0 Å². The summed E-state index contributed by atoms with van der Waals surface area (Å²) in [4.78, 5) is 24.5. The zero-order valence-electron chi connectivity index (χ0n) is 13.5. The first kappa shape index (κ1) is 16.5. The van der Waals surface area contributed by atoms with Gasteiger partial charge in [-0.25, -0.2) is 9.59 Å². The van der Waals surface area contributed by atoms with Gasteiger partial charge in [-0.2, -0.15) is 0 Å². The molecule has 0 unspecified atom stereocenters. The molecule has 0 aliphatic heterocycles. The van der Waals surface area contributed by atoms with Gasteiger partial charge in [0.05, 0.1) is 0 Å². The van der Waals surface area contributed by atoms with Crippen molar-refractivity contribution in [1.29, 1.82) is 0 Å². The fraction of sp³-hybridized carbons (Fsp3) is 0.158. The maximum absolute atomic E-state index is 12.4. The van der Waals surface area contributed by atoms with Gasteiger partial charge < -0.3 is 9.15 Å². The molecule has 0 spiro atoms. The molecule has 1 aromatic heterocycles. The van der Waals surface area contributed by atoms with E-state index in [0.29, 0.717) is 16.7 Å². The van der Waals surface area contributed by atoms with E-state index in [9.17, 15) is 9.59 Å². The smallest absolute Gasteiger partial charge is 0.351 e. The molecule has 0 amide bonds. The summed E-state index contributed by atoms with van der Waals surface area (Å²) in [6.45, 7) is 5.74. The quantitative estimate of drug-likeness (QED) is 0.363. The fourth-order valence-electron chi connectivity index (χ4n) is 2.50. The number of carbonyl (C=O) groups excluding carboxylic acids is 1. The molecule has 0 atom stereocenters. The predicted molar refractivity (Wildman–Crippen MR) is 95.8 cm³/mol. The SMILES string of the molecule is Cc1cc(C)c(C)c(OC(=O)c2cc3cc(Br)ccc3oc2=O)c1. The molecule has 1 heterocycles. The van der Waals surface area contributed by atoms with Crippen LogP contribution in [0.4, 0.5) is 0 Å². The van der Waals surface area contributed by atoms with Crippen LogP contribution in [0.15, 0.2) is 50.1 Å². The van der Waals surface area contributed by atoms with E-state index < -0.39 is 11.6 Å². The average Bonchev–Trinajstić information content (AvgIpc) is 2.51. The van der Waals surface area contributed by atoms with Crippen molar-refractivity contribution in [3.05, 3.63) is 73.5 Å². The number of hydrogen-bond acceptors (Lipinski definition) is 4. The first-order valence-corrected chi connectivity index (χ1v) is 8.18. The largest absolute Gasteiger partial charge is 0.422 e. The highest BCUT2D eigenvalue weighted by Gasteiger charge is 2.18. The molecule has 0 radical (unpaired) electrons. The molecule has 0 bridgehead atoms. The Bertz CT molecular complexity index is 1020. The van der Waals surface area contributed by atoms with Crippen LogP contribution in [-0.4, -0.2) is 5.97 Å². The lowest BCUT2D eigenvalue weighted by atomic mass is 10.1. The second-order valence-corrected chi connectivity index (χ2v) is 6.64. The van der Waals surface area contributed by atoms with Gasteiger partial charge in [-0.15, -0.1) is 0 Å². The normalized spacial score (nSPS) is 10.8. The lowest BCUT2D eigenvalue weighted by Crippen LogP contribution is -2.19. The molecule has 4 nitrogen and oxygen atoms in total. The van der Waals surface area contributed by atoms with Crippen LogP contribution in [0, 0.1) is 20.8 Å². The van der Waals surface area contributed by atoms with E-state index in [-0.39, 0.29) is 5.56 Å². The number of benzene rings is 2. The van der Waals surface area contributed by atoms with E-state index in [2.05, 4.69) is 15.9 Å². The van der Waals surface area contributed by atoms with Gasteiger partial charge in [-0.1, -0.05) is 22.0 Å². The van der Waals surface area contributed by atoms with Crippen molar-refractivity contribution in [2.75, 3.05) is 0 Å². The highest BCUT2D eigenvalue weighted by Crippen LogP contribution is 2.25. The Labute approximate surface area is 147 Å². The van der Waals surface area contributed by atoms with Crippen molar-refractivity contribution in [2.45, 2.75) is 20.8 Å². The Hall–Kier alpha value is -2.40. The first-order valence-electron chi connectivity index (χ1n) is 7.38. The van der Waals surface area contributed by atoms with Gasteiger partial charge in [0, 0.05) is 9.86 Å². The van der Waals surface area contributed by atoms with Crippen LogP contribution < -0.4 is 10.4 Å². The molecule has 0 fully saturated rings. The minimum atomic E-state index is -0.723. The number of esters is 1. The maximum Gasteiger partial charge on any atom is 0.351 e. The number of ether oxygens (including phenoxy) is 1. The van der Waals surface area contributed by atoms with Crippen molar-refractivity contribution in [3.63, 3.8) is 0 Å². The summed E-state index contributed by atoms with van der Waals surface area (Å²) in [5.74, 6) is -0.273. The molecule has 122 valence electrons. The molecule has 3 aromatic rings. The van der Waals surface area contributed by atoms with Crippen LogP contribution >= 0.6 is 15.9 Å². The summed E-state index contributed by atoms with van der Waals surface area (Å²) in [7, 11) is 0. The third kappa shape index (κ3) is 3.12. The second kappa shape index (κ2) is 6.24. The zero-order valence-corrected chi connectivity index (χ0v) is 15.1. The summed E-state index contributed by atoms with van der Waals surface area (Å²) in [5, 5.41) is 0.646. The van der Waals surface area contributed by atoms with Gasteiger partial charge in [0.1, 0.15) is 16.9 Å². The second-order valence-electron chi connectivity index (χ2n) is 5.72. The van der Waals surface area contributed by atoms with E-state index in [1.54, 1.807) is 24.3 Å². The Morgan fingerprint density at radius 3 is 2.58 bits per heavy atom. The number of carbonyl (C=O) groups is 1. The van der Waals surface area contributed by atoms with Gasteiger partial charge in [0.25, 0.3) is 0 Å². The summed E-state index contributed by atoms with van der Waals surface area (Å²) in [5.41, 5.74) is 2.45. The lowest BCUT2D eigenvalue weighted by Gasteiger charge is -2.10. The van der Waals surface area contributed by atoms with Gasteiger partial charge >= 0.3 is 11.6 Å². The summed E-state index contributed by atoms with van der Waals surface area (Å²) in [6, 6.07) is 10.5. The van der Waals surface area contributed by atoms with Gasteiger partial charge in [0.15, 0.2) is 0 Å². The van der Waals surface area contributed by atoms with Crippen LogP contribution in [-0.2, 0) is 0 Å². The third-order valence-corrected chi connectivity index (χ3v) is 4.37. The highest BCUT2D eigenvalue weighted by atomic mass is 79.9. The van der Waals surface area contributed by atoms with E-state index >= 15 is 0 Å². The predicted octanol–water partition coefficient (Wildman–Crippen LogP) is 4.70. The van der Waals surface area contributed by atoms with E-state index in [0.717, 1.165) is 21.2 Å². The minimum Gasteiger partial charge on any atom is -0.422 e. The van der Waals surface area contributed by atoms with Gasteiger partial charge in [-0.3, -0.25) is 0 Å². The molecular weight excluding hydrogens is 372 g/mol. The van der Waals surface area contributed by atoms with E-state index in [1.165, 1.54) is 6.07 Å². The van der Waals surface area contributed by atoms with Crippen molar-refractivity contribution in [1.82, 2.24) is 0 Å². The van der Waals surface area contributed by atoms with E-state index in [1.807, 2.05) is 26.8 Å². The van der Waals surface area contributed by atoms with Crippen LogP contribution in [0.3, 0.4) is 0 Å². The van der Waals surface area contributed by atoms with Crippen molar-refractivity contribution in [3.8, 4) is 5.75 Å². The molecular formula is C19H15BrO4. The standard InChI is InChI=1S/C19H15BrO4/c1-10-6-11(2)12(3)17(7-10)24-19(22)15-9-13-8-14(20)4-5-16(13)23-18(15)21/h4-9H,1-3H3. The molecule has 3 rings (SSSR count). The summed E-state index contributed by atoms with van der Waals surface area (Å²) >= 11 is 3.36. The van der Waals surface area contributed by atoms with E-state index in [4.69, 9.17) is 9.15 Å². The number of fused-ring (bicyclic) bond motifs is 1. The van der Waals surface area contributed by atoms with Gasteiger partial charge in [0.2, 0.25) is 0 Å². The van der Waals surface area contributed by atoms with Gasteiger partial charge in [-0.05, 0) is 67.8 Å². The number of rotatable bonds is 2. The Morgan fingerprint density at radius 1 is 1.08 bits per heavy atom. The monoisotopic (exact) mass is 386 g/mol. The molecule has 5 heteroatoms. The molecule has 0 saturated carbocycles. The fourth-order valence-corrected chi connectivity index (χ4v) is 2.88. The van der Waals surface area contributed by atoms with Crippen LogP contribution in [0.25, 0.3) is 11.0 Å². The molecule has 0 aliphatic rings. The Kier molecular flexibility index (Phi) is 4.28. The Morgan fingerprint density at radius 2 is 1.83 bits per heavy atom. The molecule has 0 aliphatic carbocycles. The average molecular weight is 387 g/mol. The molecule has 0 saturated heterocycles. The van der Waals surface area contributed by atoms with Crippen LogP contribution in [0.5, 0.6) is 5.75 Å². The highest BCUT2D eigenvalue weighted by molar-refractivity contribution is 9.10. The number of hydrogen-bond donors (Lipinski definition) is 0. The molecule has 24 heavy (non-hydrogen) atoms. The number of aryl methyl sites for hydroxylation is 2. The van der Waals surface area contributed by atoms with Crippen LogP contribution in [0.1, 0.15) is 27.0 Å². The summed E-state index contributed by atoms with van der Waals surface area (Å²) < 4.78 is 11.5. The zero-order chi connectivity index (χ0) is 17.4. The van der Waals surface area contributed by atoms with Crippen molar-refractivity contribution >= 4 is 32.9 Å². The lowest BCUT2D eigenvalue weighted by molar-refractivity contribution is 0.0729. The van der Waals surface area contributed by atoms with Crippen molar-refractivity contribution < 1.29 is 13.9 Å².